The number of hydroxylamine groups is 3. The number of hydrogen-bond donors (Lipinski definition) is 1. The van der Waals surface area contributed by atoms with E-state index in [0.717, 1.165) is 19.6 Å². The smallest absolute Gasteiger partial charge is 0.106 e. The zero-order valence-electron chi connectivity index (χ0n) is 8.65. The van der Waals surface area contributed by atoms with Gasteiger partial charge >= 0.3 is 0 Å². The molecule has 0 radical (unpaired) electrons. The van der Waals surface area contributed by atoms with E-state index in [1.54, 1.807) is 0 Å². The van der Waals surface area contributed by atoms with Gasteiger partial charge in [0, 0.05) is 6.26 Å². The molecule has 5 nitrogen and oxygen atoms in total. The molecule has 0 aliphatic rings. The summed E-state index contributed by atoms with van der Waals surface area (Å²) in [5, 5.41) is 9.38. The van der Waals surface area contributed by atoms with Crippen LogP contribution in [0.4, 0.5) is 0 Å². The van der Waals surface area contributed by atoms with E-state index >= 15 is 0 Å². The third-order valence-corrected chi connectivity index (χ3v) is 1.77. The molecule has 0 aromatic rings. The zero-order chi connectivity index (χ0) is 11.1. The van der Waals surface area contributed by atoms with Gasteiger partial charge in [-0.3, -0.25) is 0 Å². The second-order valence-corrected chi connectivity index (χ2v) is 4.16. The van der Waals surface area contributed by atoms with Crippen LogP contribution in [-0.2, 0) is 10.1 Å². The van der Waals surface area contributed by atoms with Crippen molar-refractivity contribution < 1.29 is 22.8 Å². The van der Waals surface area contributed by atoms with Crippen LogP contribution in [-0.4, -0.2) is 48.7 Å². The molecule has 0 spiro atoms. The van der Waals surface area contributed by atoms with Gasteiger partial charge in [0.25, 0.3) is 0 Å². The van der Waals surface area contributed by atoms with E-state index in [2.05, 4.69) is 0 Å². The molecule has 0 unspecified atom stereocenters. The molecular weight excluding hydrogens is 194 g/mol. The van der Waals surface area contributed by atoms with E-state index < -0.39 is 10.1 Å². The summed E-state index contributed by atoms with van der Waals surface area (Å²) in [4.78, 5) is 0. The molecule has 0 heterocycles. The van der Waals surface area contributed by atoms with Gasteiger partial charge in [-0.1, -0.05) is 0 Å². The lowest BCUT2D eigenvalue weighted by Gasteiger charge is -2.25. The van der Waals surface area contributed by atoms with E-state index in [0.29, 0.717) is 6.26 Å². The van der Waals surface area contributed by atoms with Gasteiger partial charge in [-0.05, 0) is 20.8 Å². The summed E-state index contributed by atoms with van der Waals surface area (Å²) in [7, 11) is -3.92. The van der Waals surface area contributed by atoms with Crippen molar-refractivity contribution in [3.63, 3.8) is 0 Å². The number of nitrogens with zero attached hydrogens (tertiary/aromatic N) is 1. The third-order valence-electron chi connectivity index (χ3n) is 1.77. The quantitative estimate of drug-likeness (QED) is 0.418. The fraction of sp³-hybridized carbons (Fsp3) is 1.00. The van der Waals surface area contributed by atoms with Crippen LogP contribution in [0.3, 0.4) is 0 Å². The first-order valence-corrected chi connectivity index (χ1v) is 5.99. The minimum Gasteiger partial charge on any atom is -0.748 e. The fourth-order valence-corrected chi connectivity index (χ4v) is 0.671. The summed E-state index contributed by atoms with van der Waals surface area (Å²) in [5.41, 5.74) is 0. The van der Waals surface area contributed by atoms with Crippen LogP contribution >= 0.6 is 0 Å². The maximum atomic E-state index is 9.38. The Hall–Kier alpha value is -0.170. The van der Waals surface area contributed by atoms with Crippen LogP contribution in [0.15, 0.2) is 0 Å². The standard InChI is InChI=1S/C6H16NO.CH4O3S/c1-4-7(8,5-2)6-3;1-5(2,3)4/h8H,4-6H2,1-3H3;1H3,(H,2,3,4)/q+1;/p-1. The van der Waals surface area contributed by atoms with Gasteiger partial charge in [0.05, 0.1) is 10.1 Å². The fourth-order valence-electron chi connectivity index (χ4n) is 0.671. The Morgan fingerprint density at radius 2 is 1.31 bits per heavy atom. The Morgan fingerprint density at radius 1 is 1.15 bits per heavy atom. The zero-order valence-corrected chi connectivity index (χ0v) is 9.47. The van der Waals surface area contributed by atoms with E-state index in [-0.39, 0.29) is 4.65 Å². The van der Waals surface area contributed by atoms with Crippen LogP contribution in [0.2, 0.25) is 0 Å². The van der Waals surface area contributed by atoms with Crippen molar-refractivity contribution in [2.75, 3.05) is 25.9 Å². The molecule has 1 N–H and O–H groups in total. The normalized spacial score (nSPS) is 11.8. The number of rotatable bonds is 3. The van der Waals surface area contributed by atoms with Crippen LogP contribution in [0.5, 0.6) is 0 Å². The first-order chi connectivity index (χ1) is 5.68. The van der Waals surface area contributed by atoms with Crippen molar-refractivity contribution in [2.45, 2.75) is 20.8 Å². The van der Waals surface area contributed by atoms with Crippen molar-refractivity contribution in [2.24, 2.45) is 0 Å². The highest BCUT2D eigenvalue weighted by molar-refractivity contribution is 7.84. The maximum Gasteiger partial charge on any atom is 0.106 e. The summed E-state index contributed by atoms with van der Waals surface area (Å²) < 4.78 is 27.4. The Labute approximate surface area is 80.3 Å². The van der Waals surface area contributed by atoms with E-state index in [1.807, 2.05) is 20.8 Å². The molecule has 82 valence electrons. The molecule has 0 bridgehead atoms. The van der Waals surface area contributed by atoms with Gasteiger partial charge in [-0.15, -0.1) is 0 Å². The lowest BCUT2D eigenvalue weighted by Crippen LogP contribution is -2.43. The van der Waals surface area contributed by atoms with Crippen LogP contribution in [0, 0.1) is 0 Å². The number of hydrogen-bond acceptors (Lipinski definition) is 4. The largest absolute Gasteiger partial charge is 0.748 e. The lowest BCUT2D eigenvalue weighted by atomic mass is 10.5. The molecule has 0 fully saturated rings. The number of quaternary nitrogens is 1. The molecular formula is C7H19NO4S. The molecule has 0 rings (SSSR count). The highest BCUT2D eigenvalue weighted by Gasteiger charge is 2.15. The van der Waals surface area contributed by atoms with E-state index in [9.17, 15) is 5.21 Å². The van der Waals surface area contributed by atoms with Gasteiger partial charge in [-0.2, -0.15) is 4.65 Å². The van der Waals surface area contributed by atoms with Gasteiger partial charge < -0.3 is 4.55 Å². The average molecular weight is 213 g/mol. The average Bonchev–Trinajstić information content (AvgIpc) is 2.00. The summed E-state index contributed by atoms with van der Waals surface area (Å²) >= 11 is 0. The van der Waals surface area contributed by atoms with Crippen LogP contribution < -0.4 is 0 Å². The van der Waals surface area contributed by atoms with Crippen molar-refractivity contribution in [1.29, 1.82) is 0 Å². The molecule has 6 heteroatoms. The summed E-state index contributed by atoms with van der Waals surface area (Å²) in [6, 6.07) is 0. The van der Waals surface area contributed by atoms with Gasteiger partial charge in [-0.25, -0.2) is 13.6 Å². The highest BCUT2D eigenvalue weighted by Crippen LogP contribution is 1.97. The minimum atomic E-state index is -3.92. The second kappa shape index (κ2) is 6.31. The molecule has 0 amide bonds. The lowest BCUT2D eigenvalue weighted by molar-refractivity contribution is -1.10. The molecule has 0 aromatic carbocycles. The van der Waals surface area contributed by atoms with Crippen molar-refractivity contribution in [3.05, 3.63) is 0 Å². The Kier molecular flexibility index (Phi) is 7.43. The maximum absolute atomic E-state index is 9.38. The van der Waals surface area contributed by atoms with Crippen molar-refractivity contribution in [1.82, 2.24) is 0 Å². The SMILES string of the molecule is CC[N+](O)(CC)CC.CS(=O)(=O)[O-]. The molecule has 13 heavy (non-hydrogen) atoms. The van der Waals surface area contributed by atoms with Crippen molar-refractivity contribution >= 4 is 10.1 Å². The van der Waals surface area contributed by atoms with E-state index in [1.165, 1.54) is 0 Å². The molecule has 0 aromatic heterocycles. The summed E-state index contributed by atoms with van der Waals surface area (Å²) in [6.07, 6.45) is 0.604. The molecule has 0 saturated heterocycles. The molecule has 0 saturated carbocycles. The van der Waals surface area contributed by atoms with Crippen LogP contribution in [0.1, 0.15) is 20.8 Å². The summed E-state index contributed by atoms with van der Waals surface area (Å²) in [5.74, 6) is 0. The van der Waals surface area contributed by atoms with Crippen LogP contribution in [0.25, 0.3) is 0 Å². The second-order valence-electron chi connectivity index (χ2n) is 2.75. The first-order valence-electron chi connectivity index (χ1n) is 4.18. The Morgan fingerprint density at radius 3 is 1.31 bits per heavy atom. The third kappa shape index (κ3) is 14.7. The van der Waals surface area contributed by atoms with Crippen molar-refractivity contribution in [3.8, 4) is 0 Å². The topological polar surface area (TPSA) is 77.4 Å². The van der Waals surface area contributed by atoms with Gasteiger partial charge in [0.1, 0.15) is 19.6 Å². The predicted molar refractivity (Wildman–Crippen MR) is 49.3 cm³/mol. The highest BCUT2D eigenvalue weighted by atomic mass is 32.2. The van der Waals surface area contributed by atoms with Gasteiger partial charge in [0.15, 0.2) is 0 Å². The molecule has 0 aliphatic heterocycles. The summed E-state index contributed by atoms with van der Waals surface area (Å²) in [6.45, 7) is 8.42. The molecule has 0 atom stereocenters. The minimum absolute atomic E-state index is 0.208. The Bertz CT molecular complexity index is 192. The first kappa shape index (κ1) is 15.3. The predicted octanol–water partition coefficient (Wildman–Crippen LogP) is 0.414. The molecule has 0 aliphatic carbocycles. The van der Waals surface area contributed by atoms with Gasteiger partial charge in [0.2, 0.25) is 0 Å². The monoisotopic (exact) mass is 213 g/mol. The van der Waals surface area contributed by atoms with E-state index in [4.69, 9.17) is 13.0 Å². The Balaban J connectivity index is 0.